The molecule has 1 N–H and O–H groups in total. The molecule has 1 aliphatic heterocycles. The van der Waals surface area contributed by atoms with Gasteiger partial charge in [-0.1, -0.05) is 17.8 Å². The van der Waals surface area contributed by atoms with Gasteiger partial charge in [0.1, 0.15) is 0 Å². The summed E-state index contributed by atoms with van der Waals surface area (Å²) in [6.45, 7) is 4.86. The maximum absolute atomic E-state index is 5.33. The molecule has 102 valence electrons. The van der Waals surface area contributed by atoms with Gasteiger partial charge in [0, 0.05) is 25.4 Å². The lowest BCUT2D eigenvalue weighted by Crippen LogP contribution is -2.37. The first-order valence-corrected chi connectivity index (χ1v) is 8.18. The highest BCUT2D eigenvalue weighted by atomic mass is 32.2. The van der Waals surface area contributed by atoms with Gasteiger partial charge in [-0.15, -0.1) is 21.5 Å². The highest BCUT2D eigenvalue weighted by Gasteiger charge is 2.11. The van der Waals surface area contributed by atoms with Gasteiger partial charge in [0.2, 0.25) is 0 Å². The van der Waals surface area contributed by atoms with E-state index in [4.69, 9.17) is 4.74 Å². The Morgan fingerprint density at radius 2 is 2.26 bits per heavy atom. The van der Waals surface area contributed by atoms with Crippen molar-refractivity contribution in [2.75, 3.05) is 38.6 Å². The van der Waals surface area contributed by atoms with Gasteiger partial charge in [-0.3, -0.25) is 4.90 Å². The summed E-state index contributed by atoms with van der Waals surface area (Å²) in [4.78, 5) is 6.82. The van der Waals surface area contributed by atoms with E-state index in [0.717, 1.165) is 54.5 Å². The molecule has 0 saturated carbocycles. The largest absolute Gasteiger partial charge is 0.379 e. The lowest BCUT2D eigenvalue weighted by molar-refractivity contribution is 0.0410. The average molecular weight is 296 g/mol. The zero-order chi connectivity index (χ0) is 12.9. The summed E-state index contributed by atoms with van der Waals surface area (Å²) in [5, 5.41) is 11.3. The van der Waals surface area contributed by atoms with Crippen molar-refractivity contribution in [2.24, 2.45) is 0 Å². The third-order valence-electron chi connectivity index (χ3n) is 2.97. The van der Waals surface area contributed by atoms with Crippen LogP contribution in [0.2, 0.25) is 0 Å². The van der Waals surface area contributed by atoms with Crippen molar-refractivity contribution in [1.29, 1.82) is 0 Å². The molecule has 1 aliphatic rings. The van der Waals surface area contributed by atoms with E-state index < -0.39 is 0 Å². The standard InChI is InChI=1S/C12H16N4OS2/c1-2-10(18-8-1)11-13-12(15-14-11)19-9-5-16-3-6-17-7-4-16/h1-2,8H,3-7,9H2,(H,13,14,15). The first kappa shape index (κ1) is 13.1. The molecule has 0 aromatic carbocycles. The van der Waals surface area contributed by atoms with Crippen molar-refractivity contribution in [3.8, 4) is 10.7 Å². The Hall–Kier alpha value is -0.890. The van der Waals surface area contributed by atoms with E-state index >= 15 is 0 Å². The number of ether oxygens (including phenoxy) is 1. The maximum atomic E-state index is 5.33. The number of rotatable bonds is 5. The second kappa shape index (κ2) is 6.51. The Balaban J connectivity index is 1.48. The summed E-state index contributed by atoms with van der Waals surface area (Å²) < 4.78 is 5.33. The van der Waals surface area contributed by atoms with Crippen molar-refractivity contribution in [1.82, 2.24) is 20.1 Å². The number of thiophene rings is 1. The van der Waals surface area contributed by atoms with Crippen molar-refractivity contribution < 1.29 is 4.74 Å². The zero-order valence-corrected chi connectivity index (χ0v) is 12.2. The number of aromatic nitrogens is 3. The van der Waals surface area contributed by atoms with E-state index in [0.29, 0.717) is 0 Å². The van der Waals surface area contributed by atoms with Crippen LogP contribution in [-0.2, 0) is 4.74 Å². The van der Waals surface area contributed by atoms with Gasteiger partial charge >= 0.3 is 0 Å². The van der Waals surface area contributed by atoms with Crippen molar-refractivity contribution in [3.05, 3.63) is 17.5 Å². The highest BCUT2D eigenvalue weighted by molar-refractivity contribution is 7.99. The van der Waals surface area contributed by atoms with E-state index in [9.17, 15) is 0 Å². The van der Waals surface area contributed by atoms with Crippen molar-refractivity contribution in [2.45, 2.75) is 5.16 Å². The molecule has 0 spiro atoms. The second-order valence-electron chi connectivity index (χ2n) is 4.26. The molecule has 0 unspecified atom stereocenters. The predicted molar refractivity (Wildman–Crippen MR) is 77.7 cm³/mol. The Morgan fingerprint density at radius 1 is 1.37 bits per heavy atom. The van der Waals surface area contributed by atoms with Crippen LogP contribution in [0.25, 0.3) is 10.7 Å². The van der Waals surface area contributed by atoms with E-state index in [1.165, 1.54) is 0 Å². The minimum absolute atomic E-state index is 0.857. The Kier molecular flexibility index (Phi) is 4.49. The lowest BCUT2D eigenvalue weighted by Gasteiger charge is -2.25. The molecule has 1 saturated heterocycles. The van der Waals surface area contributed by atoms with Gasteiger partial charge in [-0.25, -0.2) is 0 Å². The Morgan fingerprint density at radius 3 is 3.05 bits per heavy atom. The third kappa shape index (κ3) is 3.56. The number of hydrogen-bond acceptors (Lipinski definition) is 6. The van der Waals surface area contributed by atoms with Crippen LogP contribution in [0.5, 0.6) is 0 Å². The van der Waals surface area contributed by atoms with E-state index in [-0.39, 0.29) is 0 Å². The zero-order valence-electron chi connectivity index (χ0n) is 10.5. The molecule has 19 heavy (non-hydrogen) atoms. The summed E-state index contributed by atoms with van der Waals surface area (Å²) in [5.41, 5.74) is 0. The molecule has 1 fully saturated rings. The number of nitrogens with one attached hydrogen (secondary N) is 1. The van der Waals surface area contributed by atoms with Crippen LogP contribution in [0.1, 0.15) is 0 Å². The number of morpholine rings is 1. The summed E-state index contributed by atoms with van der Waals surface area (Å²) in [7, 11) is 0. The fourth-order valence-corrected chi connectivity index (χ4v) is 3.41. The number of H-pyrrole nitrogens is 1. The van der Waals surface area contributed by atoms with E-state index in [1.54, 1.807) is 23.1 Å². The molecular formula is C12H16N4OS2. The summed E-state index contributed by atoms with van der Waals surface area (Å²) in [5.74, 6) is 1.89. The van der Waals surface area contributed by atoms with Gasteiger partial charge in [-0.05, 0) is 11.4 Å². The number of aromatic amines is 1. The topological polar surface area (TPSA) is 54.0 Å². The van der Waals surface area contributed by atoms with Crippen molar-refractivity contribution >= 4 is 23.1 Å². The van der Waals surface area contributed by atoms with Crippen molar-refractivity contribution in [3.63, 3.8) is 0 Å². The molecule has 5 nitrogen and oxygen atoms in total. The summed E-state index contributed by atoms with van der Waals surface area (Å²) in [6, 6.07) is 4.07. The van der Waals surface area contributed by atoms with Crippen LogP contribution in [0.15, 0.2) is 22.7 Å². The molecule has 0 bridgehead atoms. The van der Waals surface area contributed by atoms with Gasteiger partial charge in [0.05, 0.1) is 18.1 Å². The van der Waals surface area contributed by atoms with Gasteiger partial charge in [0.15, 0.2) is 11.0 Å². The lowest BCUT2D eigenvalue weighted by atomic mass is 10.4. The molecular weight excluding hydrogens is 280 g/mol. The number of nitrogens with zero attached hydrogens (tertiary/aromatic N) is 3. The quantitative estimate of drug-likeness (QED) is 0.855. The van der Waals surface area contributed by atoms with Crippen LogP contribution in [0.4, 0.5) is 0 Å². The van der Waals surface area contributed by atoms with Crippen LogP contribution in [0.3, 0.4) is 0 Å². The minimum atomic E-state index is 0.857. The Bertz CT molecular complexity index is 494. The SMILES string of the molecule is c1csc(-c2nnc(SCCN3CCOCC3)[nH]2)c1. The molecule has 0 amide bonds. The first-order chi connectivity index (χ1) is 9.42. The maximum Gasteiger partial charge on any atom is 0.188 e. The number of thioether (sulfide) groups is 1. The van der Waals surface area contributed by atoms with Crippen LogP contribution in [-0.4, -0.2) is 58.7 Å². The molecule has 0 atom stereocenters. The fraction of sp³-hybridized carbons (Fsp3) is 0.500. The fourth-order valence-electron chi connectivity index (χ4n) is 1.93. The minimum Gasteiger partial charge on any atom is -0.379 e. The van der Waals surface area contributed by atoms with Gasteiger partial charge in [0.25, 0.3) is 0 Å². The third-order valence-corrected chi connectivity index (χ3v) is 4.69. The highest BCUT2D eigenvalue weighted by Crippen LogP contribution is 2.23. The molecule has 2 aromatic rings. The van der Waals surface area contributed by atoms with E-state index in [2.05, 4.69) is 20.1 Å². The van der Waals surface area contributed by atoms with Crippen LogP contribution in [0, 0.1) is 0 Å². The summed E-state index contributed by atoms with van der Waals surface area (Å²) >= 11 is 3.40. The molecule has 2 aromatic heterocycles. The molecule has 3 heterocycles. The van der Waals surface area contributed by atoms with Gasteiger partial charge < -0.3 is 9.72 Å². The predicted octanol–water partition coefficient (Wildman–Crippen LogP) is 1.96. The Labute approximate surface area is 120 Å². The van der Waals surface area contributed by atoms with Crippen LogP contribution < -0.4 is 0 Å². The second-order valence-corrected chi connectivity index (χ2v) is 6.29. The summed E-state index contributed by atoms with van der Waals surface area (Å²) in [6.07, 6.45) is 0. The number of hydrogen-bond donors (Lipinski definition) is 1. The monoisotopic (exact) mass is 296 g/mol. The van der Waals surface area contributed by atoms with Crippen LogP contribution >= 0.6 is 23.1 Å². The average Bonchev–Trinajstić information content (AvgIpc) is 3.10. The normalized spacial score (nSPS) is 16.8. The molecule has 0 radical (unpaired) electrons. The molecule has 7 heteroatoms. The van der Waals surface area contributed by atoms with Gasteiger partial charge in [-0.2, -0.15) is 0 Å². The van der Waals surface area contributed by atoms with E-state index in [1.807, 2.05) is 17.5 Å². The first-order valence-electron chi connectivity index (χ1n) is 6.31. The molecule has 0 aliphatic carbocycles. The smallest absolute Gasteiger partial charge is 0.188 e. The molecule has 3 rings (SSSR count).